The Morgan fingerprint density at radius 1 is 1.53 bits per heavy atom. The Balaban J connectivity index is 2.23. The van der Waals surface area contributed by atoms with Crippen molar-refractivity contribution in [3.05, 3.63) is 19.4 Å². The van der Waals surface area contributed by atoms with Gasteiger partial charge in [0.15, 0.2) is 0 Å². The lowest BCUT2D eigenvalue weighted by molar-refractivity contribution is -0.144. The fraction of sp³-hybridized carbons (Fsp3) is 0.538. The third-order valence-electron chi connectivity index (χ3n) is 3.66. The Bertz CT molecular complexity index is 514. The first-order chi connectivity index (χ1) is 8.93. The number of aliphatic carboxylic acids is 1. The molecule has 0 unspecified atom stereocenters. The van der Waals surface area contributed by atoms with E-state index in [1.165, 1.54) is 11.3 Å². The number of halogens is 1. The van der Waals surface area contributed by atoms with Crippen LogP contribution in [-0.2, 0) is 4.79 Å². The Morgan fingerprint density at radius 3 is 2.74 bits per heavy atom. The Hall–Kier alpha value is -0.630. The van der Waals surface area contributed by atoms with Crippen LogP contribution in [0.3, 0.4) is 0 Å². The normalized spacial score (nSPS) is 23.4. The molecule has 0 bridgehead atoms. The molecule has 0 aromatic carbocycles. The lowest BCUT2D eigenvalue weighted by Gasteiger charge is -2.37. The van der Waals surface area contributed by atoms with Crippen molar-refractivity contribution in [3.8, 4) is 0 Å². The zero-order chi connectivity index (χ0) is 14.2. The summed E-state index contributed by atoms with van der Waals surface area (Å²) in [6.07, 6.45) is 1.41. The number of likely N-dealkylation sites (tertiary alicyclic amines) is 1. The molecule has 0 saturated carbocycles. The number of hydrogen-bond donors (Lipinski definition) is 1. The molecule has 2 rings (SSSR count). The van der Waals surface area contributed by atoms with E-state index < -0.39 is 11.9 Å². The van der Waals surface area contributed by atoms with E-state index in [4.69, 9.17) is 0 Å². The fourth-order valence-electron chi connectivity index (χ4n) is 2.46. The van der Waals surface area contributed by atoms with Crippen LogP contribution in [0, 0.1) is 16.4 Å². The summed E-state index contributed by atoms with van der Waals surface area (Å²) in [6, 6.07) is -0.239. The zero-order valence-corrected chi connectivity index (χ0v) is 13.8. The topological polar surface area (TPSA) is 57.6 Å². The molecule has 4 nitrogen and oxygen atoms in total. The van der Waals surface area contributed by atoms with Crippen LogP contribution in [0.15, 0.2) is 5.38 Å². The molecule has 2 atom stereocenters. The van der Waals surface area contributed by atoms with Gasteiger partial charge in [0.25, 0.3) is 5.91 Å². The summed E-state index contributed by atoms with van der Waals surface area (Å²) < 4.78 is 0.984. The monoisotopic (exact) mass is 393 g/mol. The highest BCUT2D eigenvalue weighted by Crippen LogP contribution is 2.30. The van der Waals surface area contributed by atoms with Crippen LogP contribution in [-0.4, -0.2) is 34.5 Å². The van der Waals surface area contributed by atoms with Crippen molar-refractivity contribution in [2.75, 3.05) is 6.54 Å². The maximum Gasteiger partial charge on any atom is 0.308 e. The van der Waals surface area contributed by atoms with Gasteiger partial charge in [-0.1, -0.05) is 0 Å². The first-order valence-corrected chi connectivity index (χ1v) is 8.16. The smallest absolute Gasteiger partial charge is 0.308 e. The van der Waals surface area contributed by atoms with Crippen molar-refractivity contribution in [1.82, 2.24) is 4.90 Å². The number of thiophene rings is 1. The molecule has 0 aliphatic carbocycles. The molecule has 0 spiro atoms. The van der Waals surface area contributed by atoms with E-state index in [1.807, 2.05) is 19.2 Å². The minimum Gasteiger partial charge on any atom is -0.481 e. The number of carbonyl (C=O) groups excluding carboxylic acids is 1. The van der Waals surface area contributed by atoms with Gasteiger partial charge >= 0.3 is 5.97 Å². The molecule has 1 fully saturated rings. The van der Waals surface area contributed by atoms with Crippen molar-refractivity contribution >= 4 is 45.8 Å². The van der Waals surface area contributed by atoms with E-state index in [2.05, 4.69) is 22.6 Å². The number of amides is 1. The summed E-state index contributed by atoms with van der Waals surface area (Å²) in [5.41, 5.74) is 1.10. The van der Waals surface area contributed by atoms with Crippen LogP contribution in [0.2, 0.25) is 0 Å². The highest BCUT2D eigenvalue weighted by Gasteiger charge is 2.36. The molecule has 1 aliphatic heterocycles. The second-order valence-electron chi connectivity index (χ2n) is 4.89. The Morgan fingerprint density at radius 2 is 2.21 bits per heavy atom. The van der Waals surface area contributed by atoms with Crippen molar-refractivity contribution in [2.24, 2.45) is 5.92 Å². The van der Waals surface area contributed by atoms with Gasteiger partial charge in [0.1, 0.15) is 4.88 Å². The number of hydrogen-bond acceptors (Lipinski definition) is 3. The molecular weight excluding hydrogens is 377 g/mol. The number of rotatable bonds is 2. The van der Waals surface area contributed by atoms with Crippen molar-refractivity contribution in [2.45, 2.75) is 32.7 Å². The summed E-state index contributed by atoms with van der Waals surface area (Å²) in [5.74, 6) is -1.28. The third-order valence-corrected chi connectivity index (χ3v) is 6.50. The maximum atomic E-state index is 12.6. The molecule has 1 amide bonds. The third kappa shape index (κ3) is 2.79. The van der Waals surface area contributed by atoms with Gasteiger partial charge in [0.05, 0.1) is 5.92 Å². The van der Waals surface area contributed by atoms with E-state index in [1.54, 1.807) is 4.90 Å². The molecule has 1 N–H and O–H groups in total. The molecule has 6 heteroatoms. The number of piperidine rings is 1. The maximum absolute atomic E-state index is 12.6. The number of carboxylic acids is 1. The number of nitrogens with zero attached hydrogens (tertiary/aromatic N) is 1. The standard InChI is InChI=1S/C13H16INO3S/c1-7-6-19-11(10(7)14)12(16)15-5-3-4-9(8(15)2)13(17)18/h6,8-9H,3-5H2,1-2H3,(H,17,18)/t8-,9-/m1/s1. The summed E-state index contributed by atoms with van der Waals surface area (Å²) in [7, 11) is 0. The minimum atomic E-state index is -0.804. The molecule has 1 aliphatic rings. The quantitative estimate of drug-likeness (QED) is 0.787. The highest BCUT2D eigenvalue weighted by atomic mass is 127. The Labute approximate surface area is 129 Å². The van der Waals surface area contributed by atoms with Gasteiger partial charge in [0.2, 0.25) is 0 Å². The zero-order valence-electron chi connectivity index (χ0n) is 10.9. The average molecular weight is 393 g/mol. The van der Waals surface area contributed by atoms with Crippen LogP contribution in [0.25, 0.3) is 0 Å². The first kappa shape index (κ1) is 14.8. The summed E-state index contributed by atoms with van der Waals surface area (Å²) in [4.78, 5) is 26.2. The largest absolute Gasteiger partial charge is 0.481 e. The van der Waals surface area contributed by atoms with E-state index in [0.29, 0.717) is 13.0 Å². The van der Waals surface area contributed by atoms with E-state index in [-0.39, 0.29) is 11.9 Å². The Kier molecular flexibility index (Phi) is 4.50. The van der Waals surface area contributed by atoms with E-state index in [0.717, 1.165) is 20.4 Å². The molecule has 104 valence electrons. The van der Waals surface area contributed by atoms with Crippen LogP contribution < -0.4 is 0 Å². The summed E-state index contributed by atoms with van der Waals surface area (Å²) in [6.45, 7) is 4.47. The second-order valence-corrected chi connectivity index (χ2v) is 6.85. The van der Waals surface area contributed by atoms with Crippen LogP contribution >= 0.6 is 33.9 Å². The lowest BCUT2D eigenvalue weighted by atomic mass is 9.90. The van der Waals surface area contributed by atoms with Gasteiger partial charge in [0, 0.05) is 16.2 Å². The number of carbonyl (C=O) groups is 2. The number of carboxylic acid groups (broad SMARTS) is 1. The molecule has 1 saturated heterocycles. The average Bonchev–Trinajstić information content (AvgIpc) is 2.69. The molecule has 2 heterocycles. The van der Waals surface area contributed by atoms with Crippen molar-refractivity contribution in [1.29, 1.82) is 0 Å². The van der Waals surface area contributed by atoms with Gasteiger partial charge in [-0.3, -0.25) is 9.59 Å². The second kappa shape index (κ2) is 5.78. The SMILES string of the molecule is Cc1csc(C(=O)N2CCC[C@@H](C(=O)O)[C@H]2C)c1I. The predicted octanol–water partition coefficient (Wildman–Crippen LogP) is 2.99. The van der Waals surface area contributed by atoms with Gasteiger partial charge in [-0.25, -0.2) is 0 Å². The first-order valence-electron chi connectivity index (χ1n) is 6.20. The highest BCUT2D eigenvalue weighted by molar-refractivity contribution is 14.1. The van der Waals surface area contributed by atoms with Crippen LogP contribution in [0.4, 0.5) is 0 Å². The van der Waals surface area contributed by atoms with Gasteiger partial charge in [-0.15, -0.1) is 11.3 Å². The lowest BCUT2D eigenvalue weighted by Crippen LogP contribution is -2.49. The van der Waals surface area contributed by atoms with E-state index >= 15 is 0 Å². The van der Waals surface area contributed by atoms with Crippen molar-refractivity contribution < 1.29 is 14.7 Å². The molecule has 19 heavy (non-hydrogen) atoms. The van der Waals surface area contributed by atoms with Gasteiger partial charge in [-0.05, 0) is 60.2 Å². The molecular formula is C13H16INO3S. The van der Waals surface area contributed by atoms with Crippen molar-refractivity contribution in [3.63, 3.8) is 0 Å². The van der Waals surface area contributed by atoms with Crippen LogP contribution in [0.5, 0.6) is 0 Å². The fourth-order valence-corrected chi connectivity index (χ4v) is 4.34. The van der Waals surface area contributed by atoms with Crippen LogP contribution in [0.1, 0.15) is 35.0 Å². The summed E-state index contributed by atoms with van der Waals surface area (Å²) in [5, 5.41) is 11.2. The number of aryl methyl sites for hydroxylation is 1. The van der Waals surface area contributed by atoms with Gasteiger partial charge < -0.3 is 10.0 Å². The minimum absolute atomic E-state index is 0.0269. The predicted molar refractivity (Wildman–Crippen MR) is 82.6 cm³/mol. The molecule has 0 radical (unpaired) electrons. The van der Waals surface area contributed by atoms with E-state index in [9.17, 15) is 14.7 Å². The summed E-state index contributed by atoms with van der Waals surface area (Å²) >= 11 is 3.63. The molecule has 1 aromatic heterocycles. The van der Waals surface area contributed by atoms with Gasteiger partial charge in [-0.2, -0.15) is 0 Å². The molecule has 1 aromatic rings.